The molecule has 6 heteroatoms. The fourth-order valence-corrected chi connectivity index (χ4v) is 3.14. The second kappa shape index (κ2) is 10.7. The summed E-state index contributed by atoms with van der Waals surface area (Å²) in [5.74, 6) is 2.37. The summed E-state index contributed by atoms with van der Waals surface area (Å²) in [5, 5.41) is 6.25. The van der Waals surface area contributed by atoms with Gasteiger partial charge < -0.3 is 20.3 Å². The Kier molecular flexibility index (Phi) is 8.25. The Morgan fingerprint density at radius 1 is 1.27 bits per heavy atom. The molecule has 0 bridgehead atoms. The summed E-state index contributed by atoms with van der Waals surface area (Å²) in [4.78, 5) is 18.7. The number of amides is 1. The Bertz CT molecular complexity index is 586. The minimum absolute atomic E-state index is 0.0731. The third kappa shape index (κ3) is 5.93. The van der Waals surface area contributed by atoms with E-state index < -0.39 is 0 Å². The van der Waals surface area contributed by atoms with Gasteiger partial charge in [0.1, 0.15) is 5.75 Å². The van der Waals surface area contributed by atoms with E-state index in [9.17, 15) is 4.79 Å². The van der Waals surface area contributed by atoms with Crippen molar-refractivity contribution >= 4 is 11.9 Å². The number of carbonyl (C=O) groups is 1. The molecule has 1 aromatic rings. The van der Waals surface area contributed by atoms with Gasteiger partial charge in [-0.2, -0.15) is 0 Å². The highest BCUT2D eigenvalue weighted by atomic mass is 16.5. The Hall–Kier alpha value is -2.24. The summed E-state index contributed by atoms with van der Waals surface area (Å²) in [7, 11) is 1.69. The number of nitrogens with one attached hydrogen (secondary N) is 2. The lowest BCUT2D eigenvalue weighted by molar-refractivity contribution is -0.120. The van der Waals surface area contributed by atoms with E-state index in [4.69, 9.17) is 4.74 Å². The molecule has 1 unspecified atom stereocenters. The first kappa shape index (κ1) is 20.1. The van der Waals surface area contributed by atoms with Gasteiger partial charge in [0.15, 0.2) is 5.96 Å². The van der Waals surface area contributed by atoms with Crippen LogP contribution >= 0.6 is 0 Å². The number of ether oxygens (including phenoxy) is 1. The summed E-state index contributed by atoms with van der Waals surface area (Å²) in [5.41, 5.74) is 1.34. The lowest BCUT2D eigenvalue weighted by atomic mass is 9.98. The summed E-state index contributed by atoms with van der Waals surface area (Å²) in [6.07, 6.45) is 2.50. The maximum absolute atomic E-state index is 11.7. The number of carbonyl (C=O) groups excluding carboxylic acids is 1. The Morgan fingerprint density at radius 2 is 2.04 bits per heavy atom. The maximum atomic E-state index is 11.7. The third-order valence-electron chi connectivity index (χ3n) is 4.58. The zero-order valence-corrected chi connectivity index (χ0v) is 16.3. The molecule has 1 aromatic carbocycles. The minimum atomic E-state index is 0.0731. The van der Waals surface area contributed by atoms with Crippen molar-refractivity contribution in [3.05, 3.63) is 29.8 Å². The van der Waals surface area contributed by atoms with E-state index >= 15 is 0 Å². The molecule has 2 rings (SSSR count). The third-order valence-corrected chi connectivity index (χ3v) is 4.58. The van der Waals surface area contributed by atoms with Crippen LogP contribution in [0.15, 0.2) is 29.3 Å². The molecule has 26 heavy (non-hydrogen) atoms. The van der Waals surface area contributed by atoms with E-state index in [0.29, 0.717) is 18.9 Å². The van der Waals surface area contributed by atoms with Crippen LogP contribution in [-0.2, 0) is 4.79 Å². The largest absolute Gasteiger partial charge is 0.497 e. The van der Waals surface area contributed by atoms with Crippen molar-refractivity contribution in [3.8, 4) is 5.75 Å². The lowest BCUT2D eigenvalue weighted by Gasteiger charge is -2.21. The molecule has 6 nitrogen and oxygen atoms in total. The molecule has 1 fully saturated rings. The van der Waals surface area contributed by atoms with E-state index in [1.54, 1.807) is 7.11 Å². The van der Waals surface area contributed by atoms with E-state index in [0.717, 1.165) is 50.7 Å². The number of methoxy groups -OCH3 is 1. The minimum Gasteiger partial charge on any atom is -0.497 e. The monoisotopic (exact) mass is 360 g/mol. The SMILES string of the molecule is CCCNC(=O)CCN=C(NCC)N1CCC(c2ccc(OC)cc2)C1. The standard InChI is InChI=1S/C20H32N4O2/c1-4-12-22-19(25)10-13-23-20(21-5-2)24-14-11-17(15-24)16-6-8-18(26-3)9-7-16/h6-9,17H,4-5,10-15H2,1-3H3,(H,21,23)(H,22,25). The number of hydrogen-bond donors (Lipinski definition) is 2. The molecule has 1 amide bonds. The summed E-state index contributed by atoms with van der Waals surface area (Å²) in [6.45, 7) is 8.12. The van der Waals surface area contributed by atoms with Gasteiger partial charge in [-0.15, -0.1) is 0 Å². The highest BCUT2D eigenvalue weighted by Crippen LogP contribution is 2.28. The number of rotatable bonds is 8. The number of nitrogens with zero attached hydrogens (tertiary/aromatic N) is 2. The van der Waals surface area contributed by atoms with Crippen molar-refractivity contribution in [3.63, 3.8) is 0 Å². The molecule has 1 atom stereocenters. The first-order valence-electron chi connectivity index (χ1n) is 9.61. The van der Waals surface area contributed by atoms with Crippen LogP contribution in [0.4, 0.5) is 0 Å². The zero-order valence-electron chi connectivity index (χ0n) is 16.3. The first-order chi connectivity index (χ1) is 12.7. The van der Waals surface area contributed by atoms with Crippen LogP contribution in [0.2, 0.25) is 0 Å². The fraction of sp³-hybridized carbons (Fsp3) is 0.600. The molecule has 1 aliphatic rings. The Balaban J connectivity index is 1.90. The van der Waals surface area contributed by atoms with Crippen molar-refractivity contribution < 1.29 is 9.53 Å². The zero-order chi connectivity index (χ0) is 18.8. The average molecular weight is 361 g/mol. The van der Waals surface area contributed by atoms with Crippen molar-refractivity contribution in [1.29, 1.82) is 0 Å². The van der Waals surface area contributed by atoms with Gasteiger partial charge >= 0.3 is 0 Å². The smallest absolute Gasteiger partial charge is 0.221 e. The second-order valence-corrected chi connectivity index (χ2v) is 6.54. The molecule has 1 saturated heterocycles. The van der Waals surface area contributed by atoms with E-state index in [1.165, 1.54) is 5.56 Å². The lowest BCUT2D eigenvalue weighted by Crippen LogP contribution is -2.40. The van der Waals surface area contributed by atoms with Crippen LogP contribution in [0.3, 0.4) is 0 Å². The quantitative estimate of drug-likeness (QED) is 0.552. The highest BCUT2D eigenvalue weighted by molar-refractivity contribution is 5.81. The van der Waals surface area contributed by atoms with Crippen LogP contribution in [0, 0.1) is 0 Å². The molecule has 1 heterocycles. The van der Waals surface area contributed by atoms with Crippen molar-refractivity contribution in [2.75, 3.05) is 39.8 Å². The van der Waals surface area contributed by atoms with Gasteiger partial charge in [0.2, 0.25) is 5.91 Å². The Morgan fingerprint density at radius 3 is 2.69 bits per heavy atom. The molecule has 0 radical (unpaired) electrons. The van der Waals surface area contributed by atoms with Crippen LogP contribution in [0.1, 0.15) is 44.6 Å². The molecule has 144 valence electrons. The maximum Gasteiger partial charge on any atom is 0.221 e. The van der Waals surface area contributed by atoms with Crippen molar-refractivity contribution in [1.82, 2.24) is 15.5 Å². The van der Waals surface area contributed by atoms with Crippen molar-refractivity contribution in [2.45, 2.75) is 39.0 Å². The summed E-state index contributed by atoms with van der Waals surface area (Å²) < 4.78 is 5.24. The van der Waals surface area contributed by atoms with Crippen molar-refractivity contribution in [2.24, 2.45) is 4.99 Å². The predicted molar refractivity (Wildman–Crippen MR) is 106 cm³/mol. The normalized spacial score (nSPS) is 17.3. The molecule has 0 spiro atoms. The topological polar surface area (TPSA) is 66.0 Å². The average Bonchev–Trinajstić information content (AvgIpc) is 3.15. The van der Waals surface area contributed by atoms with Gasteiger partial charge in [-0.1, -0.05) is 19.1 Å². The highest BCUT2D eigenvalue weighted by Gasteiger charge is 2.26. The van der Waals surface area contributed by atoms with Crippen LogP contribution in [0.25, 0.3) is 0 Å². The van der Waals surface area contributed by atoms with Gasteiger partial charge in [0.05, 0.1) is 13.7 Å². The molecular formula is C20H32N4O2. The number of aliphatic imine (C=N–C) groups is 1. The van der Waals surface area contributed by atoms with E-state index in [2.05, 4.69) is 39.6 Å². The number of likely N-dealkylation sites (tertiary alicyclic amines) is 1. The first-order valence-corrected chi connectivity index (χ1v) is 9.61. The molecule has 2 N–H and O–H groups in total. The molecular weight excluding hydrogens is 328 g/mol. The van der Waals surface area contributed by atoms with Gasteiger partial charge in [-0.3, -0.25) is 9.79 Å². The Labute approximate surface area is 157 Å². The second-order valence-electron chi connectivity index (χ2n) is 6.54. The molecule has 0 aromatic heterocycles. The number of hydrogen-bond acceptors (Lipinski definition) is 3. The van der Waals surface area contributed by atoms with Gasteiger partial charge in [0.25, 0.3) is 0 Å². The molecule has 0 saturated carbocycles. The van der Waals surface area contributed by atoms with E-state index in [-0.39, 0.29) is 5.91 Å². The number of guanidine groups is 1. The number of benzene rings is 1. The van der Waals surface area contributed by atoms with Gasteiger partial charge in [-0.05, 0) is 37.5 Å². The van der Waals surface area contributed by atoms with E-state index in [1.807, 2.05) is 19.1 Å². The molecule has 0 aliphatic carbocycles. The van der Waals surface area contributed by atoms with Crippen LogP contribution in [0.5, 0.6) is 5.75 Å². The molecule has 1 aliphatic heterocycles. The van der Waals surface area contributed by atoms with Gasteiger partial charge in [0, 0.05) is 38.5 Å². The predicted octanol–water partition coefficient (Wildman–Crippen LogP) is 2.37. The van der Waals surface area contributed by atoms with Crippen LogP contribution < -0.4 is 15.4 Å². The summed E-state index contributed by atoms with van der Waals surface area (Å²) in [6, 6.07) is 8.34. The van der Waals surface area contributed by atoms with Crippen LogP contribution in [-0.4, -0.2) is 56.6 Å². The van der Waals surface area contributed by atoms with Gasteiger partial charge in [-0.25, -0.2) is 0 Å². The summed E-state index contributed by atoms with van der Waals surface area (Å²) >= 11 is 0. The fourth-order valence-electron chi connectivity index (χ4n) is 3.14.